The normalized spacial score (nSPS) is 16.6. The van der Waals surface area contributed by atoms with Gasteiger partial charge in [0.05, 0.1) is 29.1 Å². The van der Waals surface area contributed by atoms with E-state index >= 15 is 0 Å². The van der Waals surface area contributed by atoms with Gasteiger partial charge in [-0.05, 0) is 50.3 Å². The minimum Gasteiger partial charge on any atom is -0.329 e. The lowest BCUT2D eigenvalue weighted by Crippen LogP contribution is -2.04. The molecule has 6 heteroatoms. The van der Waals surface area contributed by atoms with E-state index in [0.29, 0.717) is 12.0 Å². The van der Waals surface area contributed by atoms with E-state index in [1.54, 1.807) is 0 Å². The summed E-state index contributed by atoms with van der Waals surface area (Å²) >= 11 is 6.48. The average molecular weight is 404 g/mol. The highest BCUT2D eigenvalue weighted by molar-refractivity contribution is 6.33. The molecule has 6 rings (SSSR count). The van der Waals surface area contributed by atoms with Crippen molar-refractivity contribution in [2.75, 3.05) is 0 Å². The van der Waals surface area contributed by atoms with Crippen molar-refractivity contribution in [2.45, 2.75) is 51.1 Å². The molecule has 0 aliphatic heterocycles. The maximum absolute atomic E-state index is 6.48. The smallest absolute Gasteiger partial charge is 0.177 e. The average Bonchev–Trinajstić information content (AvgIpc) is 3.64. The molecule has 5 nitrogen and oxygen atoms in total. The lowest BCUT2D eigenvalue weighted by atomic mass is 10.1. The summed E-state index contributed by atoms with van der Waals surface area (Å²) in [4.78, 5) is 14.1. The van der Waals surface area contributed by atoms with Gasteiger partial charge in [0.1, 0.15) is 5.82 Å². The molecule has 0 saturated heterocycles. The lowest BCUT2D eigenvalue weighted by Gasteiger charge is -2.11. The summed E-state index contributed by atoms with van der Waals surface area (Å²) in [7, 11) is 0. The van der Waals surface area contributed by atoms with Crippen LogP contribution in [0.15, 0.2) is 42.9 Å². The molecule has 0 N–H and O–H groups in total. The summed E-state index contributed by atoms with van der Waals surface area (Å²) in [6.45, 7) is 2.84. The van der Waals surface area contributed by atoms with Crippen LogP contribution in [0.2, 0.25) is 5.02 Å². The quantitative estimate of drug-likeness (QED) is 0.441. The van der Waals surface area contributed by atoms with Crippen LogP contribution in [-0.2, 0) is 6.54 Å². The molecule has 0 bridgehead atoms. The van der Waals surface area contributed by atoms with E-state index < -0.39 is 0 Å². The Bertz CT molecular complexity index is 1230. The van der Waals surface area contributed by atoms with Gasteiger partial charge >= 0.3 is 0 Å². The number of pyridine rings is 1. The van der Waals surface area contributed by atoms with Crippen molar-refractivity contribution in [3.8, 4) is 11.3 Å². The van der Waals surface area contributed by atoms with Gasteiger partial charge < -0.3 is 9.13 Å². The van der Waals surface area contributed by atoms with Crippen LogP contribution in [0.5, 0.6) is 0 Å². The summed E-state index contributed by atoms with van der Waals surface area (Å²) in [6, 6.07) is 10.8. The van der Waals surface area contributed by atoms with Gasteiger partial charge in [0.15, 0.2) is 5.65 Å². The molecule has 3 aromatic heterocycles. The molecular weight excluding hydrogens is 382 g/mol. The van der Waals surface area contributed by atoms with E-state index in [2.05, 4.69) is 38.2 Å². The summed E-state index contributed by atoms with van der Waals surface area (Å²) in [5.74, 6) is 1.63. The highest BCUT2D eigenvalue weighted by atomic mass is 35.5. The fraction of sp³-hybridized carbons (Fsp3) is 0.348. The number of hydrogen-bond donors (Lipinski definition) is 0. The second kappa shape index (κ2) is 6.42. The first-order chi connectivity index (χ1) is 14.2. The maximum atomic E-state index is 6.48. The Morgan fingerprint density at radius 2 is 1.93 bits per heavy atom. The maximum Gasteiger partial charge on any atom is 0.177 e. The molecule has 1 aromatic carbocycles. The van der Waals surface area contributed by atoms with Crippen molar-refractivity contribution in [3.63, 3.8) is 0 Å². The van der Waals surface area contributed by atoms with Crippen molar-refractivity contribution in [1.82, 2.24) is 24.1 Å². The third-order valence-electron chi connectivity index (χ3n) is 6.02. The number of halogens is 1. The van der Waals surface area contributed by atoms with Gasteiger partial charge in [-0.3, -0.25) is 0 Å². The Balaban J connectivity index is 1.41. The van der Waals surface area contributed by atoms with E-state index in [4.69, 9.17) is 16.6 Å². The van der Waals surface area contributed by atoms with E-state index in [9.17, 15) is 0 Å². The van der Waals surface area contributed by atoms with Gasteiger partial charge in [-0.25, -0.2) is 15.0 Å². The Labute approximate surface area is 174 Å². The van der Waals surface area contributed by atoms with Gasteiger partial charge in [-0.15, -0.1) is 0 Å². The largest absolute Gasteiger partial charge is 0.329 e. The Hall–Kier alpha value is -2.66. The molecule has 3 heterocycles. The van der Waals surface area contributed by atoms with Gasteiger partial charge in [0.25, 0.3) is 0 Å². The number of aromatic nitrogens is 5. The number of aryl methyl sites for hydroxylation is 1. The number of rotatable bonds is 5. The van der Waals surface area contributed by atoms with Crippen molar-refractivity contribution < 1.29 is 0 Å². The van der Waals surface area contributed by atoms with E-state index in [1.165, 1.54) is 36.9 Å². The summed E-state index contributed by atoms with van der Waals surface area (Å²) in [5, 5.41) is 0.756. The second-order valence-electron chi connectivity index (χ2n) is 8.31. The highest BCUT2D eigenvalue weighted by Gasteiger charge is 2.31. The molecule has 146 valence electrons. The van der Waals surface area contributed by atoms with Gasteiger partial charge in [-0.2, -0.15) is 0 Å². The van der Waals surface area contributed by atoms with Crippen LogP contribution in [0, 0.1) is 6.92 Å². The van der Waals surface area contributed by atoms with Gasteiger partial charge in [0, 0.05) is 29.4 Å². The summed E-state index contributed by atoms with van der Waals surface area (Å²) in [6.07, 6.45) is 8.83. The number of fused-ring (bicyclic) bond motifs is 1. The molecule has 0 spiro atoms. The first-order valence-corrected chi connectivity index (χ1v) is 10.7. The van der Waals surface area contributed by atoms with E-state index in [1.807, 2.05) is 30.7 Å². The molecule has 2 saturated carbocycles. The Kier molecular flexibility index (Phi) is 3.81. The minimum atomic E-state index is 0.569. The lowest BCUT2D eigenvalue weighted by molar-refractivity contribution is 0.728. The summed E-state index contributed by atoms with van der Waals surface area (Å²) in [5.41, 5.74) is 6.52. The predicted molar refractivity (Wildman–Crippen MR) is 114 cm³/mol. The number of benzene rings is 1. The predicted octanol–water partition coefficient (Wildman–Crippen LogP) is 5.52. The highest BCUT2D eigenvalue weighted by Crippen LogP contribution is 2.45. The first-order valence-electron chi connectivity index (χ1n) is 10.3. The first kappa shape index (κ1) is 17.2. The zero-order chi connectivity index (χ0) is 19.5. The SMILES string of the molecule is Cc1nc2ncc(Cn3cnc(-c4ccccc4Cl)c3C3CC3)cc2n1C1CC1. The fourth-order valence-corrected chi connectivity index (χ4v) is 4.60. The van der Waals surface area contributed by atoms with Crippen LogP contribution < -0.4 is 0 Å². The van der Waals surface area contributed by atoms with E-state index in [-0.39, 0.29) is 0 Å². The number of nitrogens with zero attached hydrogens (tertiary/aromatic N) is 5. The standard InChI is InChI=1S/C23H22ClN5/c1-14-27-23-20(29(14)17-8-9-17)10-15(11-25-23)12-28-13-26-21(22(28)16-6-7-16)18-4-2-3-5-19(18)24/h2-5,10-11,13,16-17H,6-9,12H2,1H3. The molecular formula is C23H22ClN5. The van der Waals surface area contributed by atoms with Crippen LogP contribution in [0.3, 0.4) is 0 Å². The number of imidazole rings is 2. The topological polar surface area (TPSA) is 48.5 Å². The fourth-order valence-electron chi connectivity index (χ4n) is 4.37. The molecule has 2 fully saturated rings. The zero-order valence-corrected chi connectivity index (χ0v) is 17.1. The summed E-state index contributed by atoms with van der Waals surface area (Å²) < 4.78 is 4.64. The molecule has 0 atom stereocenters. The van der Waals surface area contributed by atoms with Crippen LogP contribution in [-0.4, -0.2) is 24.1 Å². The zero-order valence-electron chi connectivity index (χ0n) is 16.3. The van der Waals surface area contributed by atoms with Crippen LogP contribution >= 0.6 is 11.6 Å². The third kappa shape index (κ3) is 2.96. The van der Waals surface area contributed by atoms with Gasteiger partial charge in [-0.1, -0.05) is 29.8 Å². The molecule has 29 heavy (non-hydrogen) atoms. The third-order valence-corrected chi connectivity index (χ3v) is 6.35. The van der Waals surface area contributed by atoms with E-state index in [0.717, 1.165) is 39.8 Å². The molecule has 0 amide bonds. The van der Waals surface area contributed by atoms with Crippen LogP contribution in [0.4, 0.5) is 0 Å². The molecule has 4 aromatic rings. The number of hydrogen-bond acceptors (Lipinski definition) is 3. The molecule has 0 radical (unpaired) electrons. The van der Waals surface area contributed by atoms with Crippen molar-refractivity contribution in [1.29, 1.82) is 0 Å². The minimum absolute atomic E-state index is 0.569. The molecule has 2 aliphatic rings. The van der Waals surface area contributed by atoms with Crippen molar-refractivity contribution >= 4 is 22.8 Å². The monoisotopic (exact) mass is 403 g/mol. The Morgan fingerprint density at radius 1 is 1.10 bits per heavy atom. The second-order valence-corrected chi connectivity index (χ2v) is 8.71. The van der Waals surface area contributed by atoms with Crippen molar-refractivity contribution in [2.24, 2.45) is 0 Å². The van der Waals surface area contributed by atoms with Crippen molar-refractivity contribution in [3.05, 3.63) is 65.0 Å². The van der Waals surface area contributed by atoms with Crippen LogP contribution in [0.1, 0.15) is 54.7 Å². The van der Waals surface area contributed by atoms with Gasteiger partial charge in [0.2, 0.25) is 0 Å². The van der Waals surface area contributed by atoms with Crippen LogP contribution in [0.25, 0.3) is 22.4 Å². The molecule has 2 aliphatic carbocycles. The Morgan fingerprint density at radius 3 is 2.69 bits per heavy atom. The molecule has 0 unspecified atom stereocenters.